The summed E-state index contributed by atoms with van der Waals surface area (Å²) < 4.78 is 40.4. The summed E-state index contributed by atoms with van der Waals surface area (Å²) in [5.74, 6) is 0.578. The van der Waals surface area contributed by atoms with E-state index in [1.807, 2.05) is 0 Å². The third kappa shape index (κ3) is 5.61. The van der Waals surface area contributed by atoms with E-state index in [0.29, 0.717) is 0 Å². The van der Waals surface area contributed by atoms with Crippen LogP contribution >= 0.6 is 0 Å². The van der Waals surface area contributed by atoms with E-state index >= 15 is 0 Å². The molecule has 1 aromatic rings. The zero-order valence-corrected chi connectivity index (χ0v) is 13.8. The Labute approximate surface area is 136 Å². The lowest BCUT2D eigenvalue weighted by molar-refractivity contribution is -0.274. The monoisotopic (exact) mass is 330 g/mol. The second-order valence-electron chi connectivity index (χ2n) is 6.01. The number of anilines is 1. The molecular weight excluding hydrogens is 305 g/mol. The Hall–Kier alpha value is -1.43. The van der Waals surface area contributed by atoms with E-state index in [1.165, 1.54) is 25.0 Å². The molecule has 1 fully saturated rings. The van der Waals surface area contributed by atoms with E-state index in [4.69, 9.17) is 0 Å². The number of hydrogen-bond acceptors (Lipinski definition) is 3. The van der Waals surface area contributed by atoms with Crippen LogP contribution in [0.25, 0.3) is 0 Å². The molecule has 1 aliphatic heterocycles. The van der Waals surface area contributed by atoms with Gasteiger partial charge in [-0.2, -0.15) is 0 Å². The van der Waals surface area contributed by atoms with Crippen LogP contribution in [-0.4, -0.2) is 44.0 Å². The van der Waals surface area contributed by atoms with Crippen molar-refractivity contribution in [3.8, 4) is 5.75 Å². The standard InChI is InChI=1S/C17H25F3N2O/c1-3-14(4-2)13-21-9-11-22(12-10-21)15-5-7-16(8-6-15)23-17(18,19)20/h5-8,14H,3-4,9-13H2,1-2H3. The van der Waals surface area contributed by atoms with Gasteiger partial charge in [-0.15, -0.1) is 13.2 Å². The Morgan fingerprint density at radius 3 is 2.04 bits per heavy atom. The van der Waals surface area contributed by atoms with E-state index in [0.717, 1.165) is 44.3 Å². The molecule has 3 nitrogen and oxygen atoms in total. The van der Waals surface area contributed by atoms with Crippen molar-refractivity contribution in [2.45, 2.75) is 33.1 Å². The first-order chi connectivity index (χ1) is 10.9. The molecule has 2 rings (SSSR count). The summed E-state index contributed by atoms with van der Waals surface area (Å²) >= 11 is 0. The normalized spacial score (nSPS) is 16.9. The molecule has 0 amide bonds. The first kappa shape index (κ1) is 17.9. The van der Waals surface area contributed by atoms with Crippen LogP contribution in [0.5, 0.6) is 5.75 Å². The Morgan fingerprint density at radius 1 is 1.00 bits per heavy atom. The van der Waals surface area contributed by atoms with Gasteiger partial charge in [-0.3, -0.25) is 4.90 Å². The van der Waals surface area contributed by atoms with E-state index in [9.17, 15) is 13.2 Å². The summed E-state index contributed by atoms with van der Waals surface area (Å²) in [6.45, 7) is 9.40. The first-order valence-corrected chi connectivity index (χ1v) is 8.24. The fourth-order valence-corrected chi connectivity index (χ4v) is 2.96. The molecule has 1 saturated heterocycles. The van der Waals surface area contributed by atoms with Crippen molar-refractivity contribution in [1.82, 2.24) is 4.90 Å². The summed E-state index contributed by atoms with van der Waals surface area (Å²) in [7, 11) is 0. The van der Waals surface area contributed by atoms with Crippen molar-refractivity contribution in [2.75, 3.05) is 37.6 Å². The summed E-state index contributed by atoms with van der Waals surface area (Å²) in [6, 6.07) is 6.13. The maximum absolute atomic E-state index is 12.2. The predicted octanol–water partition coefficient (Wildman–Crippen LogP) is 4.14. The van der Waals surface area contributed by atoms with Gasteiger partial charge in [0.05, 0.1) is 0 Å². The van der Waals surface area contributed by atoms with Crippen LogP contribution < -0.4 is 9.64 Å². The van der Waals surface area contributed by atoms with Gasteiger partial charge in [0.25, 0.3) is 0 Å². The molecule has 0 saturated carbocycles. The Morgan fingerprint density at radius 2 is 1.57 bits per heavy atom. The van der Waals surface area contributed by atoms with Crippen molar-refractivity contribution in [1.29, 1.82) is 0 Å². The van der Waals surface area contributed by atoms with Crippen molar-refractivity contribution in [2.24, 2.45) is 5.92 Å². The molecule has 0 atom stereocenters. The Bertz CT molecular complexity index is 464. The smallest absolute Gasteiger partial charge is 0.406 e. The molecule has 1 heterocycles. The molecule has 0 N–H and O–H groups in total. The number of rotatable bonds is 6. The van der Waals surface area contributed by atoms with Gasteiger partial charge in [-0.05, 0) is 30.2 Å². The highest BCUT2D eigenvalue weighted by molar-refractivity contribution is 5.49. The summed E-state index contributed by atoms with van der Waals surface area (Å²) in [5.41, 5.74) is 0.946. The van der Waals surface area contributed by atoms with Crippen molar-refractivity contribution in [3.05, 3.63) is 24.3 Å². The second-order valence-corrected chi connectivity index (χ2v) is 6.01. The van der Waals surface area contributed by atoms with Gasteiger partial charge in [0.15, 0.2) is 0 Å². The van der Waals surface area contributed by atoms with Crippen LogP contribution in [0, 0.1) is 5.92 Å². The van der Waals surface area contributed by atoms with E-state index in [-0.39, 0.29) is 5.75 Å². The molecule has 6 heteroatoms. The van der Waals surface area contributed by atoms with Gasteiger partial charge >= 0.3 is 6.36 Å². The van der Waals surface area contributed by atoms with Crippen molar-refractivity contribution >= 4 is 5.69 Å². The molecular formula is C17H25F3N2O. The molecule has 0 aliphatic carbocycles. The average Bonchev–Trinajstić information content (AvgIpc) is 2.52. The maximum atomic E-state index is 12.2. The molecule has 0 bridgehead atoms. The summed E-state index contributed by atoms with van der Waals surface area (Å²) in [5, 5.41) is 0. The SMILES string of the molecule is CCC(CC)CN1CCN(c2ccc(OC(F)(F)F)cc2)CC1. The van der Waals surface area contributed by atoms with Crippen LogP contribution in [0.3, 0.4) is 0 Å². The van der Waals surface area contributed by atoms with Gasteiger partial charge in [0, 0.05) is 38.4 Å². The van der Waals surface area contributed by atoms with Crippen LogP contribution in [0.4, 0.5) is 18.9 Å². The number of halogens is 3. The molecule has 0 unspecified atom stereocenters. The van der Waals surface area contributed by atoms with Crippen LogP contribution in [0.1, 0.15) is 26.7 Å². The maximum Gasteiger partial charge on any atom is 0.573 e. The third-order valence-electron chi connectivity index (χ3n) is 4.48. The van der Waals surface area contributed by atoms with Crippen molar-refractivity contribution in [3.63, 3.8) is 0 Å². The highest BCUT2D eigenvalue weighted by Gasteiger charge is 2.31. The minimum absolute atomic E-state index is 0.173. The van der Waals surface area contributed by atoms with Gasteiger partial charge < -0.3 is 9.64 Å². The van der Waals surface area contributed by atoms with Gasteiger partial charge in [0.2, 0.25) is 0 Å². The molecule has 0 radical (unpaired) electrons. The summed E-state index contributed by atoms with van der Waals surface area (Å²) in [4.78, 5) is 4.69. The van der Waals surface area contributed by atoms with Gasteiger partial charge in [0.1, 0.15) is 5.75 Å². The molecule has 1 aromatic carbocycles. The molecule has 0 spiro atoms. The third-order valence-corrected chi connectivity index (χ3v) is 4.48. The lowest BCUT2D eigenvalue weighted by Gasteiger charge is -2.37. The van der Waals surface area contributed by atoms with E-state index in [1.54, 1.807) is 12.1 Å². The highest BCUT2D eigenvalue weighted by Crippen LogP contribution is 2.26. The first-order valence-electron chi connectivity index (χ1n) is 8.24. The quantitative estimate of drug-likeness (QED) is 0.779. The highest BCUT2D eigenvalue weighted by atomic mass is 19.4. The van der Waals surface area contributed by atoms with Gasteiger partial charge in [-0.25, -0.2) is 0 Å². The predicted molar refractivity (Wildman–Crippen MR) is 85.9 cm³/mol. The van der Waals surface area contributed by atoms with E-state index in [2.05, 4.69) is 28.4 Å². The molecule has 0 aromatic heterocycles. The minimum Gasteiger partial charge on any atom is -0.406 e. The fourth-order valence-electron chi connectivity index (χ4n) is 2.96. The van der Waals surface area contributed by atoms with E-state index < -0.39 is 6.36 Å². The van der Waals surface area contributed by atoms with Crippen LogP contribution in [0.2, 0.25) is 0 Å². The number of hydrogen-bond donors (Lipinski definition) is 0. The van der Waals surface area contributed by atoms with Crippen molar-refractivity contribution < 1.29 is 17.9 Å². The number of benzene rings is 1. The molecule has 23 heavy (non-hydrogen) atoms. The Kier molecular flexibility index (Phi) is 6.16. The second kappa shape index (κ2) is 7.90. The number of piperazine rings is 1. The minimum atomic E-state index is -4.64. The van der Waals surface area contributed by atoms with Gasteiger partial charge in [-0.1, -0.05) is 26.7 Å². The average molecular weight is 330 g/mol. The van der Waals surface area contributed by atoms with Crippen LogP contribution in [0.15, 0.2) is 24.3 Å². The molecule has 130 valence electrons. The fraction of sp³-hybridized carbons (Fsp3) is 0.647. The number of alkyl halides is 3. The Balaban J connectivity index is 1.85. The zero-order chi connectivity index (χ0) is 16.9. The zero-order valence-electron chi connectivity index (χ0n) is 13.8. The number of nitrogens with zero attached hydrogens (tertiary/aromatic N) is 2. The topological polar surface area (TPSA) is 15.7 Å². The largest absolute Gasteiger partial charge is 0.573 e. The van der Waals surface area contributed by atoms with Crippen LogP contribution in [-0.2, 0) is 0 Å². The summed E-state index contributed by atoms with van der Waals surface area (Å²) in [6.07, 6.45) is -2.23. The lowest BCUT2D eigenvalue weighted by atomic mass is 10.0. The lowest BCUT2D eigenvalue weighted by Crippen LogP contribution is -2.47. The number of ether oxygens (including phenoxy) is 1. The molecule has 1 aliphatic rings.